The lowest BCUT2D eigenvalue weighted by Crippen LogP contribution is -2.12. The van der Waals surface area contributed by atoms with E-state index in [1.54, 1.807) is 0 Å². The molecule has 0 radical (unpaired) electrons. The Labute approximate surface area is 120 Å². The Balaban J connectivity index is 2.64. The van der Waals surface area contributed by atoms with E-state index >= 15 is 0 Å². The lowest BCUT2D eigenvalue weighted by molar-refractivity contribution is 0.0960. The second kappa shape index (κ2) is 9.27. The Morgan fingerprint density at radius 2 is 1.85 bits per heavy atom. The Kier molecular flexibility index (Phi) is 7.59. The van der Waals surface area contributed by atoms with Crippen LogP contribution in [0.1, 0.15) is 50.4 Å². The third kappa shape index (κ3) is 4.46. The van der Waals surface area contributed by atoms with Crippen LogP contribution in [0.25, 0.3) is 0 Å². The molecule has 0 fully saturated rings. The summed E-state index contributed by atoms with van der Waals surface area (Å²) in [6.07, 6.45) is 3.69. The molecule has 0 amide bonds. The van der Waals surface area contributed by atoms with Crippen molar-refractivity contribution in [3.63, 3.8) is 0 Å². The fourth-order valence-corrected chi connectivity index (χ4v) is 1.92. The maximum Gasteiger partial charge on any atom is 0.251 e. The van der Waals surface area contributed by atoms with Gasteiger partial charge in [-0.1, -0.05) is 27.2 Å². The van der Waals surface area contributed by atoms with Gasteiger partial charge in [0, 0.05) is 6.61 Å². The minimum absolute atomic E-state index is 0.320. The van der Waals surface area contributed by atoms with Crippen LogP contribution in [-0.2, 0) is 17.6 Å². The summed E-state index contributed by atoms with van der Waals surface area (Å²) < 4.78 is 10.9. The number of unbranched alkanes of at least 4 members (excludes halogenated alkanes) is 1. The maximum absolute atomic E-state index is 9.29. The molecule has 0 unspecified atom stereocenters. The number of hydrogen-bond acceptors (Lipinski definition) is 5. The van der Waals surface area contributed by atoms with Crippen LogP contribution in [0.2, 0.25) is 0 Å². The van der Waals surface area contributed by atoms with Crippen molar-refractivity contribution in [3.05, 3.63) is 16.8 Å². The van der Waals surface area contributed by atoms with Crippen LogP contribution in [0.3, 0.4) is 0 Å². The normalized spacial score (nSPS) is 10.3. The first-order valence-electron chi connectivity index (χ1n) is 7.27. The first-order chi connectivity index (χ1) is 9.78. The minimum Gasteiger partial charge on any atom is -0.473 e. The van der Waals surface area contributed by atoms with Crippen molar-refractivity contribution in [2.24, 2.45) is 0 Å². The van der Waals surface area contributed by atoms with E-state index < -0.39 is 0 Å². The van der Waals surface area contributed by atoms with Crippen molar-refractivity contribution in [2.75, 3.05) is 19.8 Å². The molecule has 0 bridgehead atoms. The average molecular weight is 277 g/mol. The molecular formula is C15H23N3O2. The smallest absolute Gasteiger partial charge is 0.251 e. The summed E-state index contributed by atoms with van der Waals surface area (Å²) in [7, 11) is 0. The van der Waals surface area contributed by atoms with E-state index in [1.165, 1.54) is 0 Å². The largest absolute Gasteiger partial charge is 0.473 e. The molecule has 0 aliphatic rings. The summed E-state index contributed by atoms with van der Waals surface area (Å²) in [6, 6.07) is 2.18. The second-order valence-electron chi connectivity index (χ2n) is 4.44. The highest BCUT2D eigenvalue weighted by atomic mass is 16.5. The van der Waals surface area contributed by atoms with Crippen LogP contribution < -0.4 is 4.74 Å². The highest BCUT2D eigenvalue weighted by Crippen LogP contribution is 2.21. The van der Waals surface area contributed by atoms with Gasteiger partial charge >= 0.3 is 0 Å². The van der Waals surface area contributed by atoms with Crippen molar-refractivity contribution in [1.82, 2.24) is 10.2 Å². The van der Waals surface area contributed by atoms with Crippen molar-refractivity contribution >= 4 is 0 Å². The lowest BCUT2D eigenvalue weighted by atomic mass is 10.0. The summed E-state index contributed by atoms with van der Waals surface area (Å²) in [5.41, 5.74) is 2.32. The van der Waals surface area contributed by atoms with Crippen LogP contribution in [0.15, 0.2) is 0 Å². The van der Waals surface area contributed by atoms with E-state index in [2.05, 4.69) is 23.2 Å². The van der Waals surface area contributed by atoms with Gasteiger partial charge in [-0.3, -0.25) is 0 Å². The highest BCUT2D eigenvalue weighted by Gasteiger charge is 2.15. The molecule has 110 valence electrons. The summed E-state index contributed by atoms with van der Waals surface area (Å²) in [6.45, 7) is 7.77. The monoisotopic (exact) mass is 277 g/mol. The molecule has 0 N–H and O–H groups in total. The van der Waals surface area contributed by atoms with Crippen molar-refractivity contribution in [1.29, 1.82) is 5.26 Å². The fourth-order valence-electron chi connectivity index (χ4n) is 1.92. The standard InChI is InChI=1S/C15H23N3O2/c1-4-7-8-19-9-10-20-15-13(11-16)12(5-2)14(6-3)17-18-15/h4-10H2,1-3H3. The molecule has 0 saturated heterocycles. The molecule has 5 nitrogen and oxygen atoms in total. The Morgan fingerprint density at radius 1 is 1.05 bits per heavy atom. The highest BCUT2D eigenvalue weighted by molar-refractivity contribution is 5.46. The zero-order valence-corrected chi connectivity index (χ0v) is 12.6. The molecular weight excluding hydrogens is 254 g/mol. The van der Waals surface area contributed by atoms with Gasteiger partial charge < -0.3 is 9.47 Å². The van der Waals surface area contributed by atoms with Crippen LogP contribution in [-0.4, -0.2) is 30.0 Å². The van der Waals surface area contributed by atoms with E-state index in [4.69, 9.17) is 9.47 Å². The number of aromatic nitrogens is 2. The first-order valence-corrected chi connectivity index (χ1v) is 7.27. The zero-order valence-electron chi connectivity index (χ0n) is 12.6. The summed E-state index contributed by atoms with van der Waals surface area (Å²) in [5, 5.41) is 17.4. The zero-order chi connectivity index (χ0) is 14.8. The average Bonchev–Trinajstić information content (AvgIpc) is 2.49. The predicted octanol–water partition coefficient (Wildman–Crippen LogP) is 2.67. The molecule has 1 aromatic heterocycles. The molecule has 0 aromatic carbocycles. The SMILES string of the molecule is CCCCOCCOc1nnc(CC)c(CC)c1C#N. The van der Waals surface area contributed by atoms with E-state index in [-0.39, 0.29) is 0 Å². The number of rotatable bonds is 9. The second-order valence-corrected chi connectivity index (χ2v) is 4.44. The van der Waals surface area contributed by atoms with E-state index in [0.29, 0.717) is 24.7 Å². The molecule has 5 heteroatoms. The van der Waals surface area contributed by atoms with Crippen molar-refractivity contribution in [3.8, 4) is 11.9 Å². The quantitative estimate of drug-likeness (QED) is 0.649. The van der Waals surface area contributed by atoms with Gasteiger partial charge in [0.05, 0.1) is 12.3 Å². The predicted molar refractivity (Wildman–Crippen MR) is 76.7 cm³/mol. The van der Waals surface area contributed by atoms with Gasteiger partial charge in [-0.2, -0.15) is 10.4 Å². The number of nitriles is 1. The molecule has 1 aromatic rings. The van der Waals surface area contributed by atoms with Gasteiger partial charge in [0.2, 0.25) is 0 Å². The molecule has 0 spiro atoms. The van der Waals surface area contributed by atoms with Crippen molar-refractivity contribution < 1.29 is 9.47 Å². The summed E-state index contributed by atoms with van der Waals surface area (Å²) in [4.78, 5) is 0. The van der Waals surface area contributed by atoms with E-state index in [1.807, 2.05) is 13.8 Å². The number of nitrogens with zero attached hydrogens (tertiary/aromatic N) is 3. The molecule has 0 aliphatic heterocycles. The molecule has 0 aliphatic carbocycles. The fraction of sp³-hybridized carbons (Fsp3) is 0.667. The van der Waals surface area contributed by atoms with Gasteiger partial charge in [0.15, 0.2) is 0 Å². The van der Waals surface area contributed by atoms with Crippen LogP contribution in [0, 0.1) is 11.3 Å². The first kappa shape index (κ1) is 16.4. The van der Waals surface area contributed by atoms with Crippen LogP contribution >= 0.6 is 0 Å². The molecule has 0 atom stereocenters. The molecule has 1 heterocycles. The van der Waals surface area contributed by atoms with Crippen LogP contribution in [0.4, 0.5) is 0 Å². The van der Waals surface area contributed by atoms with Gasteiger partial charge in [0.1, 0.15) is 18.2 Å². The number of aryl methyl sites for hydroxylation is 1. The number of ether oxygens (including phenoxy) is 2. The third-order valence-electron chi connectivity index (χ3n) is 3.03. The van der Waals surface area contributed by atoms with E-state index in [9.17, 15) is 5.26 Å². The lowest BCUT2D eigenvalue weighted by Gasteiger charge is -2.11. The Hall–Kier alpha value is -1.67. The molecule has 20 heavy (non-hydrogen) atoms. The Bertz CT molecular complexity index is 455. The molecule has 1 rings (SSSR count). The number of hydrogen-bond donors (Lipinski definition) is 0. The maximum atomic E-state index is 9.29. The van der Waals surface area contributed by atoms with E-state index in [0.717, 1.165) is 43.5 Å². The topological polar surface area (TPSA) is 68.0 Å². The molecule has 0 saturated carbocycles. The van der Waals surface area contributed by atoms with Crippen LogP contribution in [0.5, 0.6) is 5.88 Å². The summed E-state index contributed by atoms with van der Waals surface area (Å²) in [5.74, 6) is 0.320. The third-order valence-corrected chi connectivity index (χ3v) is 3.03. The minimum atomic E-state index is 0.320. The van der Waals surface area contributed by atoms with Crippen molar-refractivity contribution in [2.45, 2.75) is 46.5 Å². The van der Waals surface area contributed by atoms with Gasteiger partial charge in [-0.25, -0.2) is 0 Å². The Morgan fingerprint density at radius 3 is 2.45 bits per heavy atom. The van der Waals surface area contributed by atoms with Gasteiger partial charge in [-0.15, -0.1) is 5.10 Å². The summed E-state index contributed by atoms with van der Waals surface area (Å²) >= 11 is 0. The van der Waals surface area contributed by atoms with Gasteiger partial charge in [-0.05, 0) is 24.8 Å². The van der Waals surface area contributed by atoms with Gasteiger partial charge in [0.25, 0.3) is 5.88 Å².